The first-order valence-electron chi connectivity index (χ1n) is 7.66. The molecule has 3 nitrogen and oxygen atoms in total. The van der Waals surface area contributed by atoms with Gasteiger partial charge in [-0.1, -0.05) is 55.5 Å². The largest absolute Gasteiger partial charge is 0.512 e. The fraction of sp³-hybridized carbons (Fsp3) is 0.833. The molecule has 0 aliphatic carbocycles. The monoisotopic (exact) mass is 421 g/mol. The molecule has 0 saturated carbocycles. The second-order valence-corrected chi connectivity index (χ2v) is 15.0. The van der Waals surface area contributed by atoms with Crippen LogP contribution in [0.15, 0.2) is 12.3 Å². The fourth-order valence-corrected chi connectivity index (χ4v) is 1.49. The standard InChI is InChI=1S/C8H19P.C7H14O.C2H7O2P.CH4.V/c1-7-8(2,3)9(4,5)6;1-5-7(3,4)6(2)8;1-5(2,3)4;;/h4,7H2,1-3,5-6H3;8H,2,5H2,1,3-4H3;1-2H3,(H,3,4);1H4;. The third-order valence-electron chi connectivity index (χ3n) is 4.17. The number of rotatable bonds is 4. The van der Waals surface area contributed by atoms with Crippen LogP contribution in [0.2, 0.25) is 0 Å². The van der Waals surface area contributed by atoms with Gasteiger partial charge in [0.05, 0.1) is 5.76 Å². The van der Waals surface area contributed by atoms with Crippen molar-refractivity contribution in [1.29, 1.82) is 0 Å². The molecule has 0 rings (SSSR count). The summed E-state index contributed by atoms with van der Waals surface area (Å²) in [5.74, 6) is 0.278. The van der Waals surface area contributed by atoms with Crippen LogP contribution in [0.3, 0.4) is 0 Å². The topological polar surface area (TPSA) is 57.5 Å². The zero-order chi connectivity index (χ0) is 19.0. The Morgan fingerprint density at radius 3 is 1.25 bits per heavy atom. The molecule has 0 fully saturated rings. The second kappa shape index (κ2) is 13.8. The maximum Gasteiger partial charge on any atom is 0.194 e. The molecule has 0 bridgehead atoms. The van der Waals surface area contributed by atoms with Crippen molar-refractivity contribution >= 4 is 20.6 Å². The van der Waals surface area contributed by atoms with Crippen molar-refractivity contribution in [3.63, 3.8) is 0 Å². The Morgan fingerprint density at radius 1 is 1.00 bits per heavy atom. The zero-order valence-electron chi connectivity index (χ0n) is 17.0. The summed E-state index contributed by atoms with van der Waals surface area (Å²) >= 11 is 0. The molecule has 1 radical (unpaired) electrons. The van der Waals surface area contributed by atoms with Gasteiger partial charge in [-0.15, -0.1) is 13.2 Å². The van der Waals surface area contributed by atoms with E-state index in [-0.39, 0.29) is 37.2 Å². The maximum absolute atomic E-state index is 9.77. The smallest absolute Gasteiger partial charge is 0.194 e. The van der Waals surface area contributed by atoms with Crippen molar-refractivity contribution < 1.29 is 33.1 Å². The number of allylic oxidation sites excluding steroid dienone is 1. The molecule has 149 valence electrons. The molecular weight excluding hydrogens is 377 g/mol. The molecule has 0 aromatic carbocycles. The molecule has 0 aromatic heterocycles. The molecule has 0 amide bonds. The van der Waals surface area contributed by atoms with Crippen LogP contribution in [0.25, 0.3) is 0 Å². The average Bonchev–Trinajstić information content (AvgIpc) is 2.26. The van der Waals surface area contributed by atoms with E-state index in [0.29, 0.717) is 5.16 Å². The molecule has 24 heavy (non-hydrogen) atoms. The third kappa shape index (κ3) is 22.6. The molecule has 2 N–H and O–H groups in total. The molecule has 0 saturated heterocycles. The first-order valence-corrected chi connectivity index (χ1v) is 13.1. The van der Waals surface area contributed by atoms with Crippen LogP contribution in [-0.2, 0) is 23.1 Å². The summed E-state index contributed by atoms with van der Waals surface area (Å²) in [6.45, 7) is 22.6. The van der Waals surface area contributed by atoms with Crippen molar-refractivity contribution in [1.82, 2.24) is 0 Å². The van der Waals surface area contributed by atoms with Gasteiger partial charge in [0, 0.05) is 37.3 Å². The van der Waals surface area contributed by atoms with Crippen molar-refractivity contribution in [2.24, 2.45) is 5.41 Å². The van der Waals surface area contributed by atoms with Gasteiger partial charge < -0.3 is 10.00 Å². The van der Waals surface area contributed by atoms with Crippen LogP contribution in [0.4, 0.5) is 0 Å². The summed E-state index contributed by atoms with van der Waals surface area (Å²) in [5.41, 5.74) is -0.0972. The van der Waals surface area contributed by atoms with Crippen molar-refractivity contribution in [2.45, 2.75) is 67.0 Å². The van der Waals surface area contributed by atoms with Gasteiger partial charge in [0.1, 0.15) is 0 Å². The van der Waals surface area contributed by atoms with E-state index >= 15 is 0 Å². The first kappa shape index (κ1) is 35.7. The molecule has 0 unspecified atom stereocenters. The van der Waals surface area contributed by atoms with Gasteiger partial charge in [-0.25, -0.2) is 0 Å². The van der Waals surface area contributed by atoms with E-state index in [0.717, 1.165) is 6.42 Å². The number of hydrogen-bond acceptors (Lipinski definition) is 2. The Kier molecular flexibility index (Phi) is 20.5. The quantitative estimate of drug-likeness (QED) is 0.401. The molecule has 0 aliphatic rings. The Labute approximate surface area is 165 Å². The van der Waals surface area contributed by atoms with Crippen LogP contribution in [-0.4, -0.2) is 48.1 Å². The normalized spacial score (nSPS) is 11.5. The number of aliphatic hydroxyl groups is 1. The fourth-order valence-electron chi connectivity index (χ4n) is 0.632. The average molecular weight is 421 g/mol. The summed E-state index contributed by atoms with van der Waals surface area (Å²) < 4.78 is 9.77. The van der Waals surface area contributed by atoms with Gasteiger partial charge in [-0.05, 0) is 31.3 Å². The summed E-state index contributed by atoms with van der Waals surface area (Å²) in [5, 5.41) is 9.36. The van der Waals surface area contributed by atoms with Crippen molar-refractivity contribution in [3.05, 3.63) is 12.3 Å². The van der Waals surface area contributed by atoms with E-state index in [1.807, 2.05) is 20.8 Å². The van der Waals surface area contributed by atoms with Gasteiger partial charge in [-0.2, -0.15) is 0 Å². The van der Waals surface area contributed by atoms with Crippen LogP contribution >= 0.6 is 14.3 Å². The zero-order valence-corrected chi connectivity index (χ0v) is 20.2. The van der Waals surface area contributed by atoms with Crippen molar-refractivity contribution in [3.8, 4) is 0 Å². The van der Waals surface area contributed by atoms with Gasteiger partial charge in [-0.3, -0.25) is 4.57 Å². The Hall–Kier alpha value is 0.614. The summed E-state index contributed by atoms with van der Waals surface area (Å²) in [4.78, 5) is 8.08. The van der Waals surface area contributed by atoms with E-state index in [1.165, 1.54) is 19.8 Å². The van der Waals surface area contributed by atoms with Crippen molar-refractivity contribution in [2.75, 3.05) is 26.7 Å². The SMILES string of the molecule is C.C=C(O)C(C)(C)CC.C=P(C)(C)C(C)(C)CC.CP(C)(=O)O.[V]. The van der Waals surface area contributed by atoms with E-state index < -0.39 is 14.3 Å². The molecular formula is C18H44O3P2V. The minimum Gasteiger partial charge on any atom is -0.512 e. The predicted molar refractivity (Wildman–Crippen MR) is 115 cm³/mol. The summed E-state index contributed by atoms with van der Waals surface area (Å²) in [6.07, 6.45) is 6.40. The minimum atomic E-state index is -2.64. The van der Waals surface area contributed by atoms with Gasteiger partial charge in [0.15, 0.2) is 7.37 Å². The predicted octanol–water partition coefficient (Wildman–Crippen LogP) is 6.53. The van der Waals surface area contributed by atoms with Crippen LogP contribution in [0.1, 0.15) is 61.8 Å². The maximum atomic E-state index is 9.77. The Morgan fingerprint density at radius 2 is 1.25 bits per heavy atom. The number of hydrogen-bond donors (Lipinski definition) is 2. The van der Waals surface area contributed by atoms with E-state index in [1.54, 1.807) is 0 Å². The third-order valence-corrected chi connectivity index (χ3v) is 7.76. The molecule has 0 aromatic rings. The second-order valence-electron chi connectivity index (χ2n) is 7.83. The number of aliphatic hydroxyl groups excluding tert-OH is 1. The van der Waals surface area contributed by atoms with Crippen LogP contribution < -0.4 is 0 Å². The van der Waals surface area contributed by atoms with Gasteiger partial charge in [0.2, 0.25) is 0 Å². The molecule has 0 aliphatic heterocycles. The Bertz CT molecular complexity index is 410. The summed E-state index contributed by atoms with van der Waals surface area (Å²) in [6, 6.07) is 0. The molecule has 0 atom stereocenters. The molecule has 0 spiro atoms. The Balaban J connectivity index is -0.0000000748. The van der Waals surface area contributed by atoms with Gasteiger partial charge >= 0.3 is 0 Å². The first-order chi connectivity index (χ1) is 9.31. The van der Waals surface area contributed by atoms with Crippen LogP contribution in [0, 0.1) is 5.41 Å². The van der Waals surface area contributed by atoms with Crippen LogP contribution in [0.5, 0.6) is 0 Å². The van der Waals surface area contributed by atoms with Gasteiger partial charge in [0.25, 0.3) is 0 Å². The minimum absolute atomic E-state index is 0. The van der Waals surface area contributed by atoms with E-state index in [9.17, 15) is 4.57 Å². The molecule has 0 heterocycles. The molecule has 6 heteroatoms. The van der Waals surface area contributed by atoms with E-state index in [2.05, 4.69) is 47.0 Å². The van der Waals surface area contributed by atoms with E-state index in [4.69, 9.17) is 10.00 Å². The summed E-state index contributed by atoms with van der Waals surface area (Å²) in [7, 11) is -2.64.